The van der Waals surface area contributed by atoms with Crippen LogP contribution in [0.1, 0.15) is 49.9 Å². The van der Waals surface area contributed by atoms with Gasteiger partial charge in [0.1, 0.15) is 0 Å². The topological polar surface area (TPSA) is 87.6 Å². The van der Waals surface area contributed by atoms with E-state index in [4.69, 9.17) is 0 Å². The van der Waals surface area contributed by atoms with Crippen LogP contribution < -0.4 is 9.80 Å². The molecule has 0 saturated carbocycles. The largest absolute Gasteiger partial charge is 0.310 e. The molecule has 0 bridgehead atoms. The molecule has 4 heterocycles. The van der Waals surface area contributed by atoms with Crippen molar-refractivity contribution < 1.29 is 16.8 Å². The fourth-order valence-corrected chi connectivity index (χ4v) is 14.2. The van der Waals surface area contributed by atoms with Crippen LogP contribution >= 0.6 is 0 Å². The van der Waals surface area contributed by atoms with E-state index in [-0.39, 0.29) is 30.4 Å². The minimum absolute atomic E-state index is 0.208. The first-order valence-electron chi connectivity index (χ1n) is 20.6. The van der Waals surface area contributed by atoms with Crippen LogP contribution in [0.15, 0.2) is 196 Å². The van der Waals surface area contributed by atoms with Crippen LogP contribution in [0, 0.1) is 0 Å². The second-order valence-electron chi connectivity index (χ2n) is 17.2. The van der Waals surface area contributed by atoms with Gasteiger partial charge in [-0.05, 0) is 100 Å². The van der Waals surface area contributed by atoms with Crippen molar-refractivity contribution in [2.24, 2.45) is 0 Å². The van der Waals surface area contributed by atoms with Gasteiger partial charge in [-0.3, -0.25) is 4.98 Å². The van der Waals surface area contributed by atoms with E-state index in [1.165, 1.54) is 46.5 Å². The van der Waals surface area contributed by atoms with Gasteiger partial charge in [0, 0.05) is 40.0 Å². The summed E-state index contributed by atoms with van der Waals surface area (Å²) in [7, 11) is -8.27. The predicted octanol–water partition coefficient (Wildman–Crippen LogP) is 12.6. The minimum Gasteiger partial charge on any atom is -0.310 e. The Balaban J connectivity index is 1.18. The SMILES string of the molecule is CC1(C)c2ccccc2N(c2ccc(-c3ccncc3-c3ccc4c(c3)S(=O)(=O)c3ccccc3S4(=O)=O)c(N3c4ccccc4C(C)(C)c4ccccc43)c2)c2ccccc21. The lowest BCUT2D eigenvalue weighted by atomic mass is 9.73. The van der Waals surface area contributed by atoms with Gasteiger partial charge in [-0.25, -0.2) is 16.8 Å². The number of rotatable bonds is 4. The normalized spacial score (nSPS) is 16.8. The Morgan fingerprint density at radius 3 is 1.39 bits per heavy atom. The number of hydrogen-bond donors (Lipinski definition) is 0. The Hall–Kier alpha value is -6.81. The van der Waals surface area contributed by atoms with Crippen molar-refractivity contribution in [3.63, 3.8) is 0 Å². The molecule has 3 aliphatic heterocycles. The molecule has 0 aliphatic carbocycles. The van der Waals surface area contributed by atoms with Crippen LogP contribution in [0.5, 0.6) is 0 Å². The van der Waals surface area contributed by atoms with Crippen LogP contribution in [0.2, 0.25) is 0 Å². The first-order valence-corrected chi connectivity index (χ1v) is 23.6. The summed E-state index contributed by atoms with van der Waals surface area (Å²) in [5.41, 5.74) is 13.3. The number of para-hydroxylation sites is 4. The van der Waals surface area contributed by atoms with Gasteiger partial charge in [0.05, 0.1) is 48.0 Å². The molecule has 0 amide bonds. The maximum Gasteiger partial charge on any atom is 0.209 e. The molecule has 8 aromatic rings. The molecule has 0 N–H and O–H groups in total. The van der Waals surface area contributed by atoms with E-state index in [1.807, 2.05) is 6.07 Å². The first-order chi connectivity index (χ1) is 29.8. The number of fused-ring (bicyclic) bond motifs is 6. The lowest BCUT2D eigenvalue weighted by Gasteiger charge is -2.44. The number of benzene rings is 7. The average Bonchev–Trinajstić information content (AvgIpc) is 3.29. The summed E-state index contributed by atoms with van der Waals surface area (Å²) in [5, 5.41) is 0. The van der Waals surface area contributed by atoms with Crippen molar-refractivity contribution in [3.8, 4) is 22.3 Å². The van der Waals surface area contributed by atoms with Crippen molar-refractivity contribution in [2.75, 3.05) is 9.80 Å². The molecule has 0 fully saturated rings. The highest BCUT2D eigenvalue weighted by molar-refractivity contribution is 7.97. The summed E-state index contributed by atoms with van der Waals surface area (Å²) in [5.74, 6) is 0. The number of anilines is 6. The molecule has 0 spiro atoms. The Kier molecular flexibility index (Phi) is 8.21. The number of hydrogen-bond acceptors (Lipinski definition) is 7. The third kappa shape index (κ3) is 5.31. The maximum atomic E-state index is 14.2. The quantitative estimate of drug-likeness (QED) is 0.174. The molecule has 7 aromatic carbocycles. The second-order valence-corrected chi connectivity index (χ2v) is 21.0. The molecule has 0 radical (unpaired) electrons. The Morgan fingerprint density at radius 1 is 0.403 bits per heavy atom. The number of pyridine rings is 1. The third-order valence-corrected chi connectivity index (χ3v) is 17.1. The van der Waals surface area contributed by atoms with Crippen LogP contribution in [0.4, 0.5) is 34.1 Å². The van der Waals surface area contributed by atoms with Crippen molar-refractivity contribution in [3.05, 3.63) is 198 Å². The monoisotopic (exact) mass is 847 g/mol. The smallest absolute Gasteiger partial charge is 0.209 e. The van der Waals surface area contributed by atoms with Gasteiger partial charge in [-0.15, -0.1) is 0 Å². The standard InChI is InChI=1S/C53H41N3O4S2/c1-52(2)39-15-5-9-19-43(39)55(44-20-10-6-16-40(44)52)35-26-27-37(47(32-35)56-45-21-11-7-17-41(45)53(3,4)42-18-8-12-22-46(42)56)36-29-30-54-33-38(36)34-25-28-50-51(31-34)62(59,60)49-24-14-13-23-48(49)61(50,57)58/h5-33H,1-4H3. The summed E-state index contributed by atoms with van der Waals surface area (Å²) in [6.07, 6.45) is 3.47. The maximum absolute atomic E-state index is 14.2. The Bertz CT molecular complexity index is 3330. The zero-order valence-corrected chi connectivity index (χ0v) is 36.2. The van der Waals surface area contributed by atoms with E-state index >= 15 is 0 Å². The van der Waals surface area contributed by atoms with Crippen LogP contribution in [0.3, 0.4) is 0 Å². The van der Waals surface area contributed by atoms with Crippen molar-refractivity contribution in [1.82, 2.24) is 4.98 Å². The van der Waals surface area contributed by atoms with Crippen molar-refractivity contribution in [2.45, 2.75) is 58.1 Å². The minimum atomic E-state index is -4.17. The van der Waals surface area contributed by atoms with Gasteiger partial charge < -0.3 is 9.80 Å². The molecule has 304 valence electrons. The summed E-state index contributed by atoms with van der Waals surface area (Å²) >= 11 is 0. The van der Waals surface area contributed by atoms with Gasteiger partial charge >= 0.3 is 0 Å². The highest BCUT2D eigenvalue weighted by Crippen LogP contribution is 2.57. The molecule has 0 saturated heterocycles. The van der Waals surface area contributed by atoms with Crippen LogP contribution in [-0.4, -0.2) is 21.8 Å². The molecule has 0 unspecified atom stereocenters. The van der Waals surface area contributed by atoms with Gasteiger partial charge in [-0.1, -0.05) is 125 Å². The molecular weight excluding hydrogens is 807 g/mol. The van der Waals surface area contributed by atoms with E-state index in [0.717, 1.165) is 45.3 Å². The molecule has 9 heteroatoms. The Labute approximate surface area is 362 Å². The van der Waals surface area contributed by atoms with E-state index in [2.05, 4.69) is 158 Å². The summed E-state index contributed by atoms with van der Waals surface area (Å²) < 4.78 is 56.1. The van der Waals surface area contributed by atoms with E-state index in [9.17, 15) is 16.8 Å². The second kappa shape index (κ2) is 13.3. The molecular formula is C53H41N3O4S2. The molecule has 11 rings (SSSR count). The van der Waals surface area contributed by atoms with Crippen LogP contribution in [0.25, 0.3) is 22.3 Å². The van der Waals surface area contributed by atoms with Crippen LogP contribution in [-0.2, 0) is 30.5 Å². The molecule has 1 aromatic heterocycles. The third-order valence-electron chi connectivity index (χ3n) is 13.1. The van der Waals surface area contributed by atoms with E-state index in [1.54, 1.807) is 30.6 Å². The molecule has 3 aliphatic rings. The van der Waals surface area contributed by atoms with Crippen molar-refractivity contribution >= 4 is 53.8 Å². The van der Waals surface area contributed by atoms with Gasteiger partial charge in [0.15, 0.2) is 0 Å². The van der Waals surface area contributed by atoms with Crippen molar-refractivity contribution in [1.29, 1.82) is 0 Å². The molecule has 62 heavy (non-hydrogen) atoms. The van der Waals surface area contributed by atoms with Gasteiger partial charge in [0.2, 0.25) is 19.7 Å². The van der Waals surface area contributed by atoms with E-state index < -0.39 is 19.7 Å². The fraction of sp³-hybridized carbons (Fsp3) is 0.113. The highest BCUT2D eigenvalue weighted by atomic mass is 32.2. The zero-order chi connectivity index (χ0) is 42.8. The van der Waals surface area contributed by atoms with E-state index in [0.29, 0.717) is 11.1 Å². The number of aromatic nitrogens is 1. The van der Waals surface area contributed by atoms with Gasteiger partial charge in [0.25, 0.3) is 0 Å². The Morgan fingerprint density at radius 2 is 0.855 bits per heavy atom. The first kappa shape index (κ1) is 38.1. The number of nitrogens with zero attached hydrogens (tertiary/aromatic N) is 3. The van der Waals surface area contributed by atoms with Gasteiger partial charge in [-0.2, -0.15) is 0 Å². The lowest BCUT2D eigenvalue weighted by Crippen LogP contribution is -2.31. The molecule has 7 nitrogen and oxygen atoms in total. The molecule has 0 atom stereocenters. The summed E-state index contributed by atoms with van der Waals surface area (Å²) in [6.45, 7) is 9.11. The number of sulfone groups is 2. The lowest BCUT2D eigenvalue weighted by molar-refractivity contribution is 0.570. The fourth-order valence-electron chi connectivity index (χ4n) is 10.0. The average molecular weight is 848 g/mol. The predicted molar refractivity (Wildman–Crippen MR) is 246 cm³/mol. The summed E-state index contributed by atoms with van der Waals surface area (Å²) in [4.78, 5) is 8.36. The highest BCUT2D eigenvalue weighted by Gasteiger charge is 2.41. The summed E-state index contributed by atoms with van der Waals surface area (Å²) in [6, 6.07) is 53.3. The zero-order valence-electron chi connectivity index (χ0n) is 34.5.